The van der Waals surface area contributed by atoms with E-state index in [0.29, 0.717) is 30.6 Å². The highest BCUT2D eigenvalue weighted by Gasteiger charge is 2.44. The van der Waals surface area contributed by atoms with E-state index in [-0.39, 0.29) is 29.5 Å². The molecule has 1 saturated heterocycles. The van der Waals surface area contributed by atoms with E-state index in [1.54, 1.807) is 29.5 Å². The van der Waals surface area contributed by atoms with Gasteiger partial charge in [0, 0.05) is 23.8 Å². The number of thiazole rings is 1. The van der Waals surface area contributed by atoms with Crippen LogP contribution in [0.4, 0.5) is 17.6 Å². The standard InChI is InChI=1S/C37H46F4N2O2S/c1-3-33-35(46-34(42-33)17-24-7-10-29(11-8-24)37(39,40)41)25-12-14-43(15-13-25)21-28-18-27(31(36(44)45)16-23-5-6-23)19-30(28)26-9-4-22(2)32(38)20-26/h7-11,20,22-23,25,27-28,30-31H,3-6,12-19,21H2,1-2H3,(H,44,45)/t22?,27?,28-,30-,31?/m1/s1. The first-order valence-corrected chi connectivity index (χ1v) is 18.0. The maximum atomic E-state index is 14.7. The molecule has 0 bridgehead atoms. The SMILES string of the molecule is CCc1nc(Cc2ccc(C(F)(F)F)cc2)sc1C1CCN(C[C@H]2CC(C(CC3CC3)C(=O)O)C[C@@H]2C2=CCC(C)C(F)=C2)CC1. The highest BCUT2D eigenvalue weighted by atomic mass is 32.1. The monoisotopic (exact) mass is 658 g/mol. The van der Waals surface area contributed by atoms with Gasteiger partial charge in [-0.3, -0.25) is 4.79 Å². The van der Waals surface area contributed by atoms with Crippen molar-refractivity contribution in [1.82, 2.24) is 9.88 Å². The minimum atomic E-state index is -4.34. The Morgan fingerprint density at radius 2 is 1.83 bits per heavy atom. The van der Waals surface area contributed by atoms with E-state index in [9.17, 15) is 27.5 Å². The Bertz CT molecular complexity index is 1440. The molecule has 1 aliphatic heterocycles. The largest absolute Gasteiger partial charge is 0.481 e. The lowest BCUT2D eigenvalue weighted by molar-refractivity contribution is -0.144. The zero-order valence-electron chi connectivity index (χ0n) is 26.9. The summed E-state index contributed by atoms with van der Waals surface area (Å²) in [6, 6.07) is 5.39. The summed E-state index contributed by atoms with van der Waals surface area (Å²) in [5, 5.41) is 11.1. The lowest BCUT2D eigenvalue weighted by atomic mass is 9.82. The molecule has 2 heterocycles. The van der Waals surface area contributed by atoms with Crippen LogP contribution in [0.5, 0.6) is 0 Å². The number of carboxylic acid groups (broad SMARTS) is 1. The molecule has 46 heavy (non-hydrogen) atoms. The zero-order valence-corrected chi connectivity index (χ0v) is 27.7. The number of halogens is 4. The van der Waals surface area contributed by atoms with E-state index in [1.165, 1.54) is 4.88 Å². The smallest absolute Gasteiger partial charge is 0.416 e. The Balaban J connectivity index is 1.10. The summed E-state index contributed by atoms with van der Waals surface area (Å²) in [6.07, 6.45) is 8.49. The molecule has 4 aliphatic rings. The normalized spacial score (nSPS) is 27.0. The molecule has 0 spiro atoms. The molecule has 9 heteroatoms. The first-order chi connectivity index (χ1) is 22.0. The quantitative estimate of drug-likeness (QED) is 0.245. The molecule has 2 saturated carbocycles. The van der Waals surface area contributed by atoms with Gasteiger partial charge in [0.05, 0.1) is 22.2 Å². The van der Waals surface area contributed by atoms with E-state index in [1.807, 2.05) is 6.92 Å². The highest BCUT2D eigenvalue weighted by molar-refractivity contribution is 7.11. The third kappa shape index (κ3) is 7.78. The summed E-state index contributed by atoms with van der Waals surface area (Å²) in [4.78, 5) is 21.1. The Morgan fingerprint density at radius 1 is 1.11 bits per heavy atom. The number of allylic oxidation sites excluding steroid dienone is 4. The van der Waals surface area contributed by atoms with Crippen molar-refractivity contribution in [1.29, 1.82) is 0 Å². The second kappa shape index (κ2) is 13.9. The van der Waals surface area contributed by atoms with Crippen molar-refractivity contribution in [2.45, 2.75) is 90.1 Å². The number of rotatable bonds is 11. The van der Waals surface area contributed by atoms with E-state index in [4.69, 9.17) is 4.98 Å². The van der Waals surface area contributed by atoms with Gasteiger partial charge in [-0.25, -0.2) is 9.37 Å². The van der Waals surface area contributed by atoms with Crippen molar-refractivity contribution < 1.29 is 27.5 Å². The molecule has 6 rings (SSSR count). The van der Waals surface area contributed by atoms with E-state index >= 15 is 0 Å². The van der Waals surface area contributed by atoms with Gasteiger partial charge < -0.3 is 10.0 Å². The van der Waals surface area contributed by atoms with Gasteiger partial charge in [-0.2, -0.15) is 13.2 Å². The summed E-state index contributed by atoms with van der Waals surface area (Å²) in [5.41, 5.74) is 2.37. The van der Waals surface area contributed by atoms with Crippen molar-refractivity contribution in [2.75, 3.05) is 19.6 Å². The minimum Gasteiger partial charge on any atom is -0.481 e. The van der Waals surface area contributed by atoms with E-state index in [0.717, 1.165) is 105 Å². The Hall–Kier alpha value is -2.52. The number of carboxylic acids is 1. The number of alkyl halides is 3. The molecule has 5 atom stereocenters. The summed E-state index contributed by atoms with van der Waals surface area (Å²) in [5.74, 6) is 0.496. The van der Waals surface area contributed by atoms with Gasteiger partial charge in [-0.1, -0.05) is 44.9 Å². The molecule has 4 nitrogen and oxygen atoms in total. The van der Waals surface area contributed by atoms with Crippen LogP contribution in [0.2, 0.25) is 0 Å². The summed E-state index contributed by atoms with van der Waals surface area (Å²) < 4.78 is 53.7. The summed E-state index contributed by atoms with van der Waals surface area (Å²) >= 11 is 1.71. The number of likely N-dealkylation sites (tertiary alicyclic amines) is 1. The van der Waals surface area contributed by atoms with Crippen LogP contribution < -0.4 is 0 Å². The fourth-order valence-electron chi connectivity index (χ4n) is 8.12. The topological polar surface area (TPSA) is 53.4 Å². The first kappa shape index (κ1) is 33.4. The van der Waals surface area contributed by atoms with Crippen LogP contribution in [0.3, 0.4) is 0 Å². The van der Waals surface area contributed by atoms with E-state index < -0.39 is 17.7 Å². The van der Waals surface area contributed by atoms with Crippen LogP contribution in [0, 0.1) is 35.5 Å². The number of carbonyl (C=O) groups is 1. The van der Waals surface area contributed by atoms with E-state index in [2.05, 4.69) is 17.9 Å². The molecule has 3 aliphatic carbocycles. The van der Waals surface area contributed by atoms with Gasteiger partial charge in [-0.15, -0.1) is 11.3 Å². The molecular weight excluding hydrogens is 612 g/mol. The third-order valence-corrected chi connectivity index (χ3v) is 12.3. The first-order valence-electron chi connectivity index (χ1n) is 17.1. The predicted molar refractivity (Wildman–Crippen MR) is 173 cm³/mol. The van der Waals surface area contributed by atoms with Gasteiger partial charge in [0.2, 0.25) is 0 Å². The summed E-state index contributed by atoms with van der Waals surface area (Å²) in [6.45, 7) is 6.85. The van der Waals surface area contributed by atoms with Crippen molar-refractivity contribution in [3.63, 3.8) is 0 Å². The fourth-order valence-corrected chi connectivity index (χ4v) is 9.47. The Morgan fingerprint density at radius 3 is 2.43 bits per heavy atom. The minimum absolute atomic E-state index is 0.0535. The number of piperidine rings is 1. The van der Waals surface area contributed by atoms with Crippen molar-refractivity contribution in [2.24, 2.45) is 35.5 Å². The van der Waals surface area contributed by atoms with Crippen LogP contribution in [0.15, 0.2) is 47.8 Å². The number of aromatic nitrogens is 1. The van der Waals surface area contributed by atoms with Crippen molar-refractivity contribution in [3.8, 4) is 0 Å². The van der Waals surface area contributed by atoms with Crippen molar-refractivity contribution in [3.05, 3.63) is 74.5 Å². The molecular formula is C37H46F4N2O2S. The number of aryl methyl sites for hydroxylation is 1. The Kier molecular flexibility index (Phi) is 10.1. The van der Waals surface area contributed by atoms with Gasteiger partial charge in [0.15, 0.2) is 0 Å². The average Bonchev–Trinajstić information content (AvgIpc) is 3.62. The van der Waals surface area contributed by atoms with Gasteiger partial charge >= 0.3 is 12.1 Å². The lowest BCUT2D eigenvalue weighted by Gasteiger charge is -2.35. The molecule has 1 aromatic heterocycles. The fraction of sp³-hybridized carbons (Fsp3) is 0.622. The van der Waals surface area contributed by atoms with Crippen LogP contribution >= 0.6 is 11.3 Å². The molecule has 250 valence electrons. The molecule has 0 amide bonds. The lowest BCUT2D eigenvalue weighted by Crippen LogP contribution is -2.37. The van der Waals surface area contributed by atoms with Gasteiger partial charge in [0.1, 0.15) is 5.83 Å². The number of aliphatic carboxylic acids is 1. The van der Waals surface area contributed by atoms with Crippen molar-refractivity contribution >= 4 is 17.3 Å². The van der Waals surface area contributed by atoms with Crippen LogP contribution in [-0.4, -0.2) is 40.6 Å². The van der Waals surface area contributed by atoms with Gasteiger partial charge in [0.25, 0.3) is 0 Å². The van der Waals surface area contributed by atoms with Crippen LogP contribution in [-0.2, 0) is 23.8 Å². The molecule has 1 aromatic carbocycles. The molecule has 2 aromatic rings. The molecule has 3 unspecified atom stereocenters. The third-order valence-electron chi connectivity index (χ3n) is 11.0. The number of nitrogens with zero attached hydrogens (tertiary/aromatic N) is 2. The zero-order chi connectivity index (χ0) is 32.6. The van der Waals surface area contributed by atoms with Gasteiger partial charge in [-0.05, 0) is 117 Å². The predicted octanol–water partition coefficient (Wildman–Crippen LogP) is 9.46. The Labute approximate surface area is 274 Å². The number of benzene rings is 1. The van der Waals surface area contributed by atoms with Crippen LogP contribution in [0.25, 0.3) is 0 Å². The molecule has 3 fully saturated rings. The molecule has 1 N–H and O–H groups in total. The van der Waals surface area contributed by atoms with Crippen LogP contribution in [0.1, 0.15) is 97.8 Å². The summed E-state index contributed by atoms with van der Waals surface area (Å²) in [7, 11) is 0. The number of hydrogen-bond donors (Lipinski definition) is 1. The average molecular weight is 659 g/mol. The maximum Gasteiger partial charge on any atom is 0.416 e. The maximum absolute atomic E-state index is 14.7. The number of hydrogen-bond acceptors (Lipinski definition) is 4. The highest BCUT2D eigenvalue weighted by Crippen LogP contribution is 2.49. The second-order valence-corrected chi connectivity index (χ2v) is 15.4. The molecule has 0 radical (unpaired) electrons. The second-order valence-electron chi connectivity index (χ2n) is 14.3.